The van der Waals surface area contributed by atoms with Gasteiger partial charge < -0.3 is 19.5 Å². The molecule has 1 unspecified atom stereocenters. The number of nitrogens with zero attached hydrogens (tertiary/aromatic N) is 3. The van der Waals surface area contributed by atoms with Crippen molar-refractivity contribution in [3.8, 4) is 34.3 Å². The van der Waals surface area contributed by atoms with Crippen molar-refractivity contribution in [2.24, 2.45) is 0 Å². The van der Waals surface area contributed by atoms with Gasteiger partial charge in [0.25, 0.3) is 0 Å². The predicted molar refractivity (Wildman–Crippen MR) is 133 cm³/mol. The molecule has 0 bridgehead atoms. The quantitative estimate of drug-likeness (QED) is 0.303. The summed E-state index contributed by atoms with van der Waals surface area (Å²) in [5.74, 6) is 1.21. The number of hydrogen-bond acceptors (Lipinski definition) is 5. The third kappa shape index (κ3) is 3.78. The second-order valence-electron chi connectivity index (χ2n) is 9.35. The molecule has 7 nitrogen and oxygen atoms in total. The smallest absolute Gasteiger partial charge is 0.200 e. The van der Waals surface area contributed by atoms with E-state index in [1.165, 1.54) is 6.07 Å². The van der Waals surface area contributed by atoms with Crippen molar-refractivity contribution >= 4 is 23.1 Å². The summed E-state index contributed by atoms with van der Waals surface area (Å²) < 4.78 is 10.1. The van der Waals surface area contributed by atoms with Crippen LogP contribution in [0, 0.1) is 4.77 Å². The topological polar surface area (TPSA) is 88.2 Å². The number of fused-ring (bicyclic) bond motifs is 1. The molecule has 2 aromatic heterocycles. The molecule has 4 rings (SSSR count). The molecule has 0 saturated carbocycles. The Kier molecular flexibility index (Phi) is 5.74. The van der Waals surface area contributed by atoms with E-state index in [1.54, 1.807) is 13.2 Å². The fourth-order valence-corrected chi connectivity index (χ4v) is 4.45. The van der Waals surface area contributed by atoms with Gasteiger partial charge in [-0.1, -0.05) is 27.7 Å². The number of benzene rings is 2. The lowest BCUT2D eigenvalue weighted by molar-refractivity contribution is 0.415. The zero-order valence-corrected chi connectivity index (χ0v) is 20.6. The van der Waals surface area contributed by atoms with E-state index in [-0.39, 0.29) is 16.9 Å². The van der Waals surface area contributed by atoms with Crippen LogP contribution in [0.3, 0.4) is 0 Å². The average Bonchev–Trinajstić information content (AvgIpc) is 3.36. The summed E-state index contributed by atoms with van der Waals surface area (Å²) in [6.45, 7) is 10.3. The Labute approximate surface area is 198 Å². The van der Waals surface area contributed by atoms with Crippen LogP contribution < -0.4 is 4.74 Å². The van der Waals surface area contributed by atoms with Crippen LogP contribution in [0.1, 0.15) is 52.6 Å². The molecule has 33 heavy (non-hydrogen) atoms. The van der Waals surface area contributed by atoms with E-state index in [0.717, 1.165) is 28.8 Å². The Hall–Kier alpha value is -3.26. The standard InChI is InChI=1S/C25H30N4O3S/c1-7-14(2)28-11-10-15-18(8-9-21(32-6)22(15)28)29-23(26-27-24(29)33)16-12-17(25(3,4)5)20(31)13-19(16)30/h8-14,30-31H,7H2,1-6H3,(H,27,33). The average molecular weight is 467 g/mol. The number of hydrogen-bond donors (Lipinski definition) is 3. The molecule has 2 aromatic carbocycles. The van der Waals surface area contributed by atoms with Crippen molar-refractivity contribution in [3.63, 3.8) is 0 Å². The van der Waals surface area contributed by atoms with Gasteiger partial charge in [0.1, 0.15) is 17.2 Å². The normalized spacial score (nSPS) is 12.9. The highest BCUT2D eigenvalue weighted by atomic mass is 32.1. The summed E-state index contributed by atoms with van der Waals surface area (Å²) in [4.78, 5) is 0. The van der Waals surface area contributed by atoms with E-state index >= 15 is 0 Å². The van der Waals surface area contributed by atoms with E-state index in [2.05, 4.69) is 40.9 Å². The molecule has 0 aliphatic heterocycles. The summed E-state index contributed by atoms with van der Waals surface area (Å²) >= 11 is 5.61. The number of phenolic OH excluding ortho intramolecular Hbond substituents is 2. The monoisotopic (exact) mass is 466 g/mol. The zero-order valence-electron chi connectivity index (χ0n) is 19.8. The third-order valence-electron chi connectivity index (χ3n) is 6.18. The number of aromatic hydroxyl groups is 2. The van der Waals surface area contributed by atoms with Gasteiger partial charge in [0.2, 0.25) is 0 Å². The Bertz CT molecular complexity index is 1390. The molecule has 4 aromatic rings. The van der Waals surface area contributed by atoms with Crippen molar-refractivity contribution < 1.29 is 14.9 Å². The van der Waals surface area contributed by atoms with Gasteiger partial charge in [-0.05, 0) is 55.2 Å². The van der Waals surface area contributed by atoms with Crippen LogP contribution in [0.25, 0.3) is 28.0 Å². The molecule has 0 saturated heterocycles. The number of phenols is 2. The number of aromatic amines is 1. The lowest BCUT2D eigenvalue weighted by Crippen LogP contribution is -2.12. The molecule has 0 fully saturated rings. The summed E-state index contributed by atoms with van der Waals surface area (Å²) in [5.41, 5.74) is 2.66. The molecule has 0 radical (unpaired) electrons. The summed E-state index contributed by atoms with van der Waals surface area (Å²) in [7, 11) is 1.67. The van der Waals surface area contributed by atoms with Crippen LogP contribution in [0.2, 0.25) is 0 Å². The lowest BCUT2D eigenvalue weighted by Gasteiger charge is -2.22. The number of H-pyrrole nitrogens is 1. The fraction of sp³-hybridized carbons (Fsp3) is 0.360. The van der Waals surface area contributed by atoms with Crippen molar-refractivity contribution in [2.45, 2.75) is 52.5 Å². The maximum absolute atomic E-state index is 10.7. The van der Waals surface area contributed by atoms with Crippen molar-refractivity contribution in [1.82, 2.24) is 19.3 Å². The summed E-state index contributed by atoms with van der Waals surface area (Å²) in [6.07, 6.45) is 3.04. The Balaban J connectivity index is 2.02. The zero-order chi connectivity index (χ0) is 24.1. The second-order valence-corrected chi connectivity index (χ2v) is 9.74. The SMILES string of the molecule is CCC(C)n1ccc2c(-n3c(-c4cc(C(C)(C)C)c(O)cc4O)n[nH]c3=S)ccc(OC)c21. The number of rotatable bonds is 5. The van der Waals surface area contributed by atoms with Crippen LogP contribution in [0.4, 0.5) is 0 Å². The van der Waals surface area contributed by atoms with Gasteiger partial charge in [-0.3, -0.25) is 9.67 Å². The molecule has 2 heterocycles. The minimum atomic E-state index is -0.328. The lowest BCUT2D eigenvalue weighted by atomic mass is 9.85. The van der Waals surface area contributed by atoms with E-state index in [0.29, 0.717) is 27.8 Å². The summed E-state index contributed by atoms with van der Waals surface area (Å²) in [5, 5.41) is 29.5. The van der Waals surface area contributed by atoms with Gasteiger partial charge in [0.05, 0.1) is 23.9 Å². The molecule has 0 aliphatic rings. The van der Waals surface area contributed by atoms with Gasteiger partial charge in [-0.15, -0.1) is 0 Å². The van der Waals surface area contributed by atoms with Crippen LogP contribution in [0.5, 0.6) is 17.2 Å². The fourth-order valence-electron chi connectivity index (χ4n) is 4.22. The number of ether oxygens (including phenoxy) is 1. The maximum atomic E-state index is 10.7. The molecule has 8 heteroatoms. The van der Waals surface area contributed by atoms with E-state index in [4.69, 9.17) is 17.0 Å². The number of methoxy groups -OCH3 is 1. The van der Waals surface area contributed by atoms with Gasteiger partial charge in [0.15, 0.2) is 10.6 Å². The maximum Gasteiger partial charge on any atom is 0.200 e. The first kappa shape index (κ1) is 22.9. The molecule has 0 amide bonds. The largest absolute Gasteiger partial charge is 0.508 e. The van der Waals surface area contributed by atoms with E-state index in [1.807, 2.05) is 37.5 Å². The van der Waals surface area contributed by atoms with Crippen molar-refractivity contribution in [3.05, 3.63) is 46.9 Å². The van der Waals surface area contributed by atoms with Crippen LogP contribution in [-0.4, -0.2) is 36.7 Å². The Morgan fingerprint density at radius 2 is 1.88 bits per heavy atom. The number of aromatic nitrogens is 4. The first-order chi connectivity index (χ1) is 15.6. The van der Waals surface area contributed by atoms with Crippen LogP contribution in [0.15, 0.2) is 36.5 Å². The van der Waals surface area contributed by atoms with Gasteiger partial charge in [-0.25, -0.2) is 0 Å². The molecule has 3 N–H and O–H groups in total. The third-order valence-corrected chi connectivity index (χ3v) is 6.45. The van der Waals surface area contributed by atoms with Crippen LogP contribution >= 0.6 is 12.2 Å². The van der Waals surface area contributed by atoms with Crippen molar-refractivity contribution in [2.75, 3.05) is 7.11 Å². The highest BCUT2D eigenvalue weighted by Gasteiger charge is 2.24. The molecule has 0 aliphatic carbocycles. The second kappa shape index (κ2) is 8.26. The van der Waals surface area contributed by atoms with E-state index < -0.39 is 0 Å². The van der Waals surface area contributed by atoms with Gasteiger partial charge in [-0.2, -0.15) is 5.10 Å². The van der Waals surface area contributed by atoms with Gasteiger partial charge >= 0.3 is 0 Å². The molecule has 174 valence electrons. The van der Waals surface area contributed by atoms with Gasteiger partial charge in [0, 0.05) is 29.3 Å². The van der Waals surface area contributed by atoms with E-state index in [9.17, 15) is 10.2 Å². The highest BCUT2D eigenvalue weighted by Crippen LogP contribution is 2.41. The molecular weight excluding hydrogens is 436 g/mol. The first-order valence-corrected chi connectivity index (χ1v) is 11.4. The minimum Gasteiger partial charge on any atom is -0.508 e. The summed E-state index contributed by atoms with van der Waals surface area (Å²) in [6, 6.07) is 9.34. The highest BCUT2D eigenvalue weighted by molar-refractivity contribution is 7.71. The number of nitrogens with one attached hydrogen (secondary N) is 1. The predicted octanol–water partition coefficient (Wildman–Crippen LogP) is 6.24. The molecule has 1 atom stereocenters. The first-order valence-electron chi connectivity index (χ1n) is 11.0. The van der Waals surface area contributed by atoms with Crippen molar-refractivity contribution in [1.29, 1.82) is 0 Å². The Morgan fingerprint density at radius 1 is 1.15 bits per heavy atom. The van der Waals surface area contributed by atoms with Crippen LogP contribution in [-0.2, 0) is 5.41 Å². The molecule has 0 spiro atoms. The minimum absolute atomic E-state index is 0.0434. The molecular formula is C25H30N4O3S. The Morgan fingerprint density at radius 3 is 2.52 bits per heavy atom.